The molecule has 3 nitrogen and oxygen atoms in total. The highest BCUT2D eigenvalue weighted by atomic mass is 16.5. The number of hydrogen-bond donors (Lipinski definition) is 0. The van der Waals surface area contributed by atoms with Crippen LogP contribution in [0, 0.1) is 0 Å². The SMILES string of the molecule is CCCN(CC)C(=O)C1CCCCO1. The van der Waals surface area contributed by atoms with Crippen LogP contribution in [-0.2, 0) is 9.53 Å². The maximum absolute atomic E-state index is 11.9. The van der Waals surface area contributed by atoms with Gasteiger partial charge in [-0.3, -0.25) is 4.79 Å². The lowest BCUT2D eigenvalue weighted by Crippen LogP contribution is -2.42. The molecule has 1 amide bonds. The molecule has 0 spiro atoms. The van der Waals surface area contributed by atoms with Gasteiger partial charge in [0.1, 0.15) is 6.10 Å². The van der Waals surface area contributed by atoms with E-state index < -0.39 is 0 Å². The summed E-state index contributed by atoms with van der Waals surface area (Å²) in [5, 5.41) is 0. The molecular formula is C11H21NO2. The van der Waals surface area contributed by atoms with Crippen molar-refractivity contribution in [2.45, 2.75) is 45.6 Å². The van der Waals surface area contributed by atoms with Crippen LogP contribution in [0.5, 0.6) is 0 Å². The quantitative estimate of drug-likeness (QED) is 0.691. The average molecular weight is 199 g/mol. The highest BCUT2D eigenvalue weighted by Crippen LogP contribution is 2.15. The molecule has 1 saturated heterocycles. The van der Waals surface area contributed by atoms with Crippen LogP contribution in [0.3, 0.4) is 0 Å². The van der Waals surface area contributed by atoms with Crippen molar-refractivity contribution in [2.75, 3.05) is 19.7 Å². The third kappa shape index (κ3) is 2.98. The number of amides is 1. The Bertz CT molecular complexity index is 169. The number of likely N-dealkylation sites (N-methyl/N-ethyl adjacent to an activating group) is 1. The van der Waals surface area contributed by atoms with Gasteiger partial charge >= 0.3 is 0 Å². The first-order valence-electron chi connectivity index (χ1n) is 5.70. The van der Waals surface area contributed by atoms with Crippen LogP contribution >= 0.6 is 0 Å². The Labute approximate surface area is 86.4 Å². The summed E-state index contributed by atoms with van der Waals surface area (Å²) < 4.78 is 5.48. The summed E-state index contributed by atoms with van der Waals surface area (Å²) in [7, 11) is 0. The van der Waals surface area contributed by atoms with Crippen molar-refractivity contribution < 1.29 is 9.53 Å². The molecule has 0 aliphatic carbocycles. The minimum absolute atomic E-state index is 0.157. The van der Waals surface area contributed by atoms with Crippen molar-refractivity contribution in [3.05, 3.63) is 0 Å². The van der Waals surface area contributed by atoms with Gasteiger partial charge in [0.25, 0.3) is 5.91 Å². The fourth-order valence-corrected chi connectivity index (χ4v) is 1.83. The Kier molecular flexibility index (Phi) is 4.94. The smallest absolute Gasteiger partial charge is 0.251 e. The zero-order valence-corrected chi connectivity index (χ0v) is 9.29. The topological polar surface area (TPSA) is 29.5 Å². The van der Waals surface area contributed by atoms with Crippen LogP contribution in [0.4, 0.5) is 0 Å². The molecule has 0 bridgehead atoms. The molecule has 0 aromatic heterocycles. The molecule has 3 heteroatoms. The van der Waals surface area contributed by atoms with Crippen LogP contribution in [0.2, 0.25) is 0 Å². The van der Waals surface area contributed by atoms with E-state index in [-0.39, 0.29) is 12.0 Å². The molecule has 14 heavy (non-hydrogen) atoms. The van der Waals surface area contributed by atoms with E-state index >= 15 is 0 Å². The molecular weight excluding hydrogens is 178 g/mol. The van der Waals surface area contributed by atoms with E-state index in [0.717, 1.165) is 45.4 Å². The van der Waals surface area contributed by atoms with E-state index in [1.54, 1.807) is 0 Å². The molecule has 82 valence electrons. The highest BCUT2D eigenvalue weighted by molar-refractivity contribution is 5.80. The molecule has 0 saturated carbocycles. The Balaban J connectivity index is 2.43. The second-order valence-corrected chi connectivity index (χ2v) is 3.77. The van der Waals surface area contributed by atoms with Gasteiger partial charge in [-0.2, -0.15) is 0 Å². The summed E-state index contributed by atoms with van der Waals surface area (Å²) in [5.74, 6) is 0.189. The molecule has 1 rings (SSSR count). The minimum Gasteiger partial charge on any atom is -0.368 e. The molecule has 1 aliphatic rings. The number of hydrogen-bond acceptors (Lipinski definition) is 2. The molecule has 0 aromatic rings. The molecule has 0 N–H and O–H groups in total. The number of carbonyl (C=O) groups excluding carboxylic acids is 1. The Morgan fingerprint density at radius 2 is 2.21 bits per heavy atom. The van der Waals surface area contributed by atoms with Crippen molar-refractivity contribution in [2.24, 2.45) is 0 Å². The first-order valence-corrected chi connectivity index (χ1v) is 5.70. The fourth-order valence-electron chi connectivity index (χ4n) is 1.83. The van der Waals surface area contributed by atoms with Gasteiger partial charge < -0.3 is 9.64 Å². The van der Waals surface area contributed by atoms with E-state index in [0.29, 0.717) is 0 Å². The Hall–Kier alpha value is -0.570. The normalized spacial score (nSPS) is 22.0. The number of nitrogens with zero attached hydrogens (tertiary/aromatic N) is 1. The first-order chi connectivity index (χ1) is 6.79. The summed E-state index contributed by atoms with van der Waals surface area (Å²) in [6.45, 7) is 6.52. The second kappa shape index (κ2) is 6.02. The third-order valence-electron chi connectivity index (χ3n) is 2.64. The lowest BCUT2D eigenvalue weighted by molar-refractivity contribution is -0.146. The van der Waals surface area contributed by atoms with Crippen molar-refractivity contribution in [1.82, 2.24) is 4.90 Å². The van der Waals surface area contributed by atoms with Gasteiger partial charge in [-0.15, -0.1) is 0 Å². The zero-order chi connectivity index (χ0) is 10.4. The van der Waals surface area contributed by atoms with E-state index in [4.69, 9.17) is 4.74 Å². The highest BCUT2D eigenvalue weighted by Gasteiger charge is 2.25. The summed E-state index contributed by atoms with van der Waals surface area (Å²) in [4.78, 5) is 13.8. The molecule has 1 fully saturated rings. The molecule has 1 aliphatic heterocycles. The summed E-state index contributed by atoms with van der Waals surface area (Å²) >= 11 is 0. The summed E-state index contributed by atoms with van der Waals surface area (Å²) in [5.41, 5.74) is 0. The maximum Gasteiger partial charge on any atom is 0.251 e. The van der Waals surface area contributed by atoms with E-state index in [2.05, 4.69) is 6.92 Å². The van der Waals surface area contributed by atoms with Crippen molar-refractivity contribution >= 4 is 5.91 Å². The van der Waals surface area contributed by atoms with Crippen molar-refractivity contribution in [3.63, 3.8) is 0 Å². The lowest BCUT2D eigenvalue weighted by Gasteiger charge is -2.28. The van der Waals surface area contributed by atoms with E-state index in [1.165, 1.54) is 0 Å². The van der Waals surface area contributed by atoms with Gasteiger partial charge in [-0.05, 0) is 32.6 Å². The Morgan fingerprint density at radius 3 is 2.71 bits per heavy atom. The monoisotopic (exact) mass is 199 g/mol. The van der Waals surface area contributed by atoms with Gasteiger partial charge in [0.05, 0.1) is 0 Å². The van der Waals surface area contributed by atoms with Gasteiger partial charge in [0.15, 0.2) is 0 Å². The van der Waals surface area contributed by atoms with E-state index in [1.807, 2.05) is 11.8 Å². The van der Waals surface area contributed by atoms with Crippen LogP contribution in [0.15, 0.2) is 0 Å². The summed E-state index contributed by atoms with van der Waals surface area (Å²) in [6, 6.07) is 0. The van der Waals surface area contributed by atoms with Crippen molar-refractivity contribution in [1.29, 1.82) is 0 Å². The summed E-state index contributed by atoms with van der Waals surface area (Å²) in [6.07, 6.45) is 3.99. The van der Waals surface area contributed by atoms with E-state index in [9.17, 15) is 4.79 Å². The van der Waals surface area contributed by atoms with Gasteiger partial charge in [-0.25, -0.2) is 0 Å². The van der Waals surface area contributed by atoms with Crippen LogP contribution < -0.4 is 0 Å². The van der Waals surface area contributed by atoms with Gasteiger partial charge in [0.2, 0.25) is 0 Å². The van der Waals surface area contributed by atoms with Crippen LogP contribution in [0.25, 0.3) is 0 Å². The third-order valence-corrected chi connectivity index (χ3v) is 2.64. The molecule has 0 aromatic carbocycles. The minimum atomic E-state index is -0.157. The first kappa shape index (κ1) is 11.5. The standard InChI is InChI=1S/C11H21NO2/c1-3-8-12(4-2)11(13)10-7-5-6-9-14-10/h10H,3-9H2,1-2H3. The molecule has 1 unspecified atom stereocenters. The fraction of sp³-hybridized carbons (Fsp3) is 0.909. The van der Waals surface area contributed by atoms with Crippen molar-refractivity contribution in [3.8, 4) is 0 Å². The molecule has 1 heterocycles. The van der Waals surface area contributed by atoms with Crippen LogP contribution in [0.1, 0.15) is 39.5 Å². The average Bonchev–Trinajstić information content (AvgIpc) is 2.26. The molecule has 0 radical (unpaired) electrons. The Morgan fingerprint density at radius 1 is 1.43 bits per heavy atom. The predicted octanol–water partition coefficient (Wildman–Crippen LogP) is 1.81. The van der Waals surface area contributed by atoms with Gasteiger partial charge in [0, 0.05) is 19.7 Å². The predicted molar refractivity (Wildman–Crippen MR) is 56.1 cm³/mol. The largest absolute Gasteiger partial charge is 0.368 e. The maximum atomic E-state index is 11.9. The lowest BCUT2D eigenvalue weighted by atomic mass is 10.1. The van der Waals surface area contributed by atoms with Crippen LogP contribution in [-0.4, -0.2) is 36.6 Å². The number of ether oxygens (including phenoxy) is 1. The second-order valence-electron chi connectivity index (χ2n) is 3.77. The number of rotatable bonds is 4. The number of carbonyl (C=O) groups is 1. The van der Waals surface area contributed by atoms with Gasteiger partial charge in [-0.1, -0.05) is 6.92 Å². The zero-order valence-electron chi connectivity index (χ0n) is 9.29. The molecule has 1 atom stereocenters.